The SMILES string of the molecule is CN(C)[C@@H]1CCN(CCN2CC3(CCN(C(=O)CO)CC3)OC2=O)C1. The lowest BCUT2D eigenvalue weighted by molar-refractivity contribution is -0.137. The Labute approximate surface area is 149 Å². The Morgan fingerprint density at radius 3 is 2.60 bits per heavy atom. The first-order valence-electron chi connectivity index (χ1n) is 9.18. The number of carbonyl (C=O) groups excluding carboxylic acids is 2. The van der Waals surface area contributed by atoms with Crippen molar-refractivity contribution in [2.75, 3.05) is 66.5 Å². The van der Waals surface area contributed by atoms with Crippen molar-refractivity contribution >= 4 is 12.0 Å². The van der Waals surface area contributed by atoms with E-state index in [1.165, 1.54) is 6.42 Å². The van der Waals surface area contributed by atoms with Gasteiger partial charge in [0.1, 0.15) is 12.2 Å². The quantitative estimate of drug-likeness (QED) is 0.712. The molecule has 25 heavy (non-hydrogen) atoms. The first-order chi connectivity index (χ1) is 11.9. The molecule has 1 atom stereocenters. The summed E-state index contributed by atoms with van der Waals surface area (Å²) in [6.45, 7) is 4.94. The van der Waals surface area contributed by atoms with Gasteiger partial charge in [-0.05, 0) is 27.1 Å². The average molecular weight is 354 g/mol. The van der Waals surface area contributed by atoms with Crippen LogP contribution in [-0.2, 0) is 9.53 Å². The molecule has 3 fully saturated rings. The van der Waals surface area contributed by atoms with Crippen LogP contribution in [0.1, 0.15) is 19.3 Å². The molecule has 1 N–H and O–H groups in total. The Morgan fingerprint density at radius 2 is 2.00 bits per heavy atom. The summed E-state index contributed by atoms with van der Waals surface area (Å²) in [6, 6.07) is 0.602. The lowest BCUT2D eigenvalue weighted by Crippen LogP contribution is -2.49. The molecule has 3 heterocycles. The predicted octanol–water partition coefficient (Wildman–Crippen LogP) is -0.572. The van der Waals surface area contributed by atoms with Gasteiger partial charge in [-0.15, -0.1) is 0 Å². The van der Waals surface area contributed by atoms with Gasteiger partial charge in [0.25, 0.3) is 0 Å². The molecule has 3 aliphatic rings. The fraction of sp³-hybridized carbons (Fsp3) is 0.882. The topological polar surface area (TPSA) is 76.6 Å². The Bertz CT molecular complexity index is 505. The Kier molecular flexibility index (Phi) is 5.50. The first kappa shape index (κ1) is 18.4. The van der Waals surface area contributed by atoms with Crippen molar-refractivity contribution in [1.82, 2.24) is 19.6 Å². The minimum absolute atomic E-state index is 0.231. The van der Waals surface area contributed by atoms with Crippen LogP contribution in [0.15, 0.2) is 0 Å². The summed E-state index contributed by atoms with van der Waals surface area (Å²) in [6.07, 6.45) is 2.24. The van der Waals surface area contributed by atoms with Gasteiger partial charge in [0.2, 0.25) is 5.91 Å². The van der Waals surface area contributed by atoms with Crippen molar-refractivity contribution < 1.29 is 19.4 Å². The molecule has 0 aromatic rings. The van der Waals surface area contributed by atoms with E-state index in [1.54, 1.807) is 4.90 Å². The molecule has 0 unspecified atom stereocenters. The zero-order chi connectivity index (χ0) is 18.0. The summed E-state index contributed by atoms with van der Waals surface area (Å²) in [5.74, 6) is -0.250. The van der Waals surface area contributed by atoms with Gasteiger partial charge < -0.3 is 24.5 Å². The van der Waals surface area contributed by atoms with Crippen LogP contribution in [0.2, 0.25) is 0 Å². The maximum atomic E-state index is 12.3. The Morgan fingerprint density at radius 1 is 1.28 bits per heavy atom. The normalized spacial score (nSPS) is 26.7. The fourth-order valence-corrected chi connectivity index (χ4v) is 4.09. The number of ether oxygens (including phenoxy) is 1. The summed E-state index contributed by atoms with van der Waals surface area (Å²) < 4.78 is 5.70. The van der Waals surface area contributed by atoms with Gasteiger partial charge in [-0.1, -0.05) is 0 Å². The minimum Gasteiger partial charge on any atom is -0.441 e. The molecular formula is C17H30N4O4. The van der Waals surface area contributed by atoms with Crippen LogP contribution in [0.5, 0.6) is 0 Å². The number of amides is 2. The molecule has 0 radical (unpaired) electrons. The number of aliphatic hydroxyl groups excluding tert-OH is 1. The van der Waals surface area contributed by atoms with Crippen LogP contribution in [0.25, 0.3) is 0 Å². The molecule has 0 saturated carbocycles. The molecule has 1 spiro atoms. The van der Waals surface area contributed by atoms with E-state index in [4.69, 9.17) is 9.84 Å². The standard InChI is InChI=1S/C17H30N4O4/c1-18(2)14-3-6-19(11-14)9-10-21-13-17(25-16(21)24)4-7-20(8-5-17)15(23)12-22/h14,22H,3-13H2,1-2H3/t14-/m1/s1. The van der Waals surface area contributed by atoms with E-state index in [-0.39, 0.29) is 12.0 Å². The van der Waals surface area contributed by atoms with E-state index >= 15 is 0 Å². The number of hydrogen-bond acceptors (Lipinski definition) is 6. The highest BCUT2D eigenvalue weighted by molar-refractivity contribution is 5.77. The first-order valence-corrected chi connectivity index (χ1v) is 9.18. The van der Waals surface area contributed by atoms with Crippen molar-refractivity contribution in [1.29, 1.82) is 0 Å². The van der Waals surface area contributed by atoms with Crippen molar-refractivity contribution in [2.24, 2.45) is 0 Å². The van der Waals surface area contributed by atoms with E-state index in [2.05, 4.69) is 23.9 Å². The van der Waals surface area contributed by atoms with Crippen LogP contribution in [0.3, 0.4) is 0 Å². The second-order valence-corrected chi connectivity index (χ2v) is 7.72. The van der Waals surface area contributed by atoms with Gasteiger partial charge >= 0.3 is 6.09 Å². The van der Waals surface area contributed by atoms with Crippen LogP contribution in [-0.4, -0.2) is 115 Å². The maximum Gasteiger partial charge on any atom is 0.410 e. The molecule has 0 aromatic heterocycles. The molecule has 142 valence electrons. The van der Waals surface area contributed by atoms with Gasteiger partial charge in [-0.25, -0.2) is 4.79 Å². The molecule has 8 heteroatoms. The third kappa shape index (κ3) is 4.07. The third-order valence-electron chi connectivity index (χ3n) is 5.87. The molecule has 8 nitrogen and oxygen atoms in total. The number of rotatable bonds is 5. The molecule has 3 aliphatic heterocycles. The highest BCUT2D eigenvalue weighted by Gasteiger charge is 2.47. The molecule has 2 amide bonds. The van der Waals surface area contributed by atoms with Crippen molar-refractivity contribution in [3.63, 3.8) is 0 Å². The summed E-state index contributed by atoms with van der Waals surface area (Å²) in [4.78, 5) is 32.0. The molecule has 3 saturated heterocycles. The van der Waals surface area contributed by atoms with Gasteiger partial charge in [0, 0.05) is 51.6 Å². The van der Waals surface area contributed by atoms with Crippen LogP contribution >= 0.6 is 0 Å². The lowest BCUT2D eigenvalue weighted by atomic mass is 9.91. The van der Waals surface area contributed by atoms with E-state index in [1.807, 2.05) is 4.90 Å². The second-order valence-electron chi connectivity index (χ2n) is 7.72. The van der Waals surface area contributed by atoms with Gasteiger partial charge in [-0.3, -0.25) is 9.69 Å². The number of carbonyl (C=O) groups is 2. The Hall–Kier alpha value is -1.38. The van der Waals surface area contributed by atoms with Gasteiger partial charge in [-0.2, -0.15) is 0 Å². The Balaban J connectivity index is 1.46. The number of nitrogens with zero attached hydrogens (tertiary/aromatic N) is 4. The lowest BCUT2D eigenvalue weighted by Gasteiger charge is -2.37. The zero-order valence-corrected chi connectivity index (χ0v) is 15.3. The zero-order valence-electron chi connectivity index (χ0n) is 15.3. The maximum absolute atomic E-state index is 12.3. The summed E-state index contributed by atoms with van der Waals surface area (Å²) in [5.41, 5.74) is -0.458. The second kappa shape index (κ2) is 7.47. The van der Waals surface area contributed by atoms with Crippen LogP contribution in [0.4, 0.5) is 4.79 Å². The number of aliphatic hydroxyl groups is 1. The summed E-state index contributed by atoms with van der Waals surface area (Å²) in [5, 5.41) is 8.96. The highest BCUT2D eigenvalue weighted by atomic mass is 16.6. The number of likely N-dealkylation sites (N-methyl/N-ethyl adjacent to an activating group) is 1. The van der Waals surface area contributed by atoms with Crippen molar-refractivity contribution in [3.05, 3.63) is 0 Å². The smallest absolute Gasteiger partial charge is 0.410 e. The van der Waals surface area contributed by atoms with E-state index in [0.29, 0.717) is 45.1 Å². The molecular weight excluding hydrogens is 324 g/mol. The highest BCUT2D eigenvalue weighted by Crippen LogP contribution is 2.33. The van der Waals surface area contributed by atoms with Crippen LogP contribution in [0, 0.1) is 0 Å². The van der Waals surface area contributed by atoms with Crippen LogP contribution < -0.4 is 0 Å². The van der Waals surface area contributed by atoms with Crippen molar-refractivity contribution in [2.45, 2.75) is 30.9 Å². The molecule has 0 aromatic carbocycles. The van der Waals surface area contributed by atoms with Gasteiger partial charge in [0.05, 0.1) is 6.54 Å². The third-order valence-corrected chi connectivity index (χ3v) is 5.87. The van der Waals surface area contributed by atoms with E-state index in [9.17, 15) is 9.59 Å². The fourth-order valence-electron chi connectivity index (χ4n) is 4.09. The molecule has 0 aliphatic carbocycles. The minimum atomic E-state index is -0.458. The monoisotopic (exact) mass is 354 g/mol. The number of likely N-dealkylation sites (tertiary alicyclic amines) is 2. The van der Waals surface area contributed by atoms with Gasteiger partial charge in [0.15, 0.2) is 0 Å². The number of hydrogen-bond donors (Lipinski definition) is 1. The largest absolute Gasteiger partial charge is 0.441 e. The summed E-state index contributed by atoms with van der Waals surface area (Å²) in [7, 11) is 4.23. The number of piperidine rings is 1. The summed E-state index contributed by atoms with van der Waals surface area (Å²) >= 11 is 0. The molecule has 3 rings (SSSR count). The van der Waals surface area contributed by atoms with E-state index < -0.39 is 12.2 Å². The molecule has 0 bridgehead atoms. The van der Waals surface area contributed by atoms with E-state index in [0.717, 1.165) is 19.6 Å². The average Bonchev–Trinajstić information content (AvgIpc) is 3.18. The predicted molar refractivity (Wildman–Crippen MR) is 92.2 cm³/mol. The van der Waals surface area contributed by atoms with Crippen molar-refractivity contribution in [3.8, 4) is 0 Å².